The third-order valence-corrected chi connectivity index (χ3v) is 1.76. The number of carbonyl (C=O) groups is 1. The van der Waals surface area contributed by atoms with E-state index in [9.17, 15) is 4.79 Å². The Balaban J connectivity index is 2.74. The molecule has 64 valence electrons. The van der Waals surface area contributed by atoms with Gasteiger partial charge in [0.15, 0.2) is 0 Å². The fraction of sp³-hybridized carbons (Fsp3) is 0. The van der Waals surface area contributed by atoms with Crippen LogP contribution in [0.3, 0.4) is 0 Å². The molecule has 0 atom stereocenters. The smallest absolute Gasteiger partial charge is 0.337 e. The number of hydrogen-bond donors (Lipinski definition) is 1. The van der Waals surface area contributed by atoms with Crippen molar-refractivity contribution in [1.29, 1.82) is 0 Å². The summed E-state index contributed by atoms with van der Waals surface area (Å²) in [6.07, 6.45) is 1.54. The zero-order chi connectivity index (χ0) is 9.26. The normalized spacial score (nSPS) is 10.2. The topological polar surface area (TPSA) is 63.1 Å². The predicted octanol–water partition coefficient (Wildman–Crippen LogP) is 1.28. The third-order valence-electron chi connectivity index (χ3n) is 1.76. The van der Waals surface area contributed by atoms with Gasteiger partial charge in [0.05, 0.1) is 11.8 Å². The fourth-order valence-corrected chi connectivity index (χ4v) is 1.16. The van der Waals surface area contributed by atoms with E-state index in [0.29, 0.717) is 5.69 Å². The average molecular weight is 174 g/mol. The van der Waals surface area contributed by atoms with Crippen molar-refractivity contribution in [1.82, 2.24) is 10.2 Å². The summed E-state index contributed by atoms with van der Waals surface area (Å²) >= 11 is 0. The van der Waals surface area contributed by atoms with Crippen molar-refractivity contribution in [3.05, 3.63) is 36.0 Å². The first-order valence-corrected chi connectivity index (χ1v) is 3.73. The lowest BCUT2D eigenvalue weighted by atomic mass is 10.1. The minimum Gasteiger partial charge on any atom is -0.478 e. The van der Waals surface area contributed by atoms with E-state index in [4.69, 9.17) is 5.11 Å². The second kappa shape index (κ2) is 2.82. The average Bonchev–Trinajstić information content (AvgIpc) is 2.44. The maximum atomic E-state index is 10.8. The summed E-state index contributed by atoms with van der Waals surface area (Å²) in [6, 6.07) is 6.73. The zero-order valence-corrected chi connectivity index (χ0v) is 6.64. The summed E-state index contributed by atoms with van der Waals surface area (Å²) < 4.78 is 0. The summed E-state index contributed by atoms with van der Waals surface area (Å²) in [4.78, 5) is 10.8. The molecule has 0 spiro atoms. The number of aromatic carboxylic acids is 1. The molecule has 0 saturated carbocycles. The van der Waals surface area contributed by atoms with Crippen LogP contribution < -0.4 is 0 Å². The molecule has 0 aromatic heterocycles. The molecule has 0 aromatic carbocycles. The molecule has 1 heterocycles. The molecule has 2 aliphatic rings. The summed E-state index contributed by atoms with van der Waals surface area (Å²) in [6.45, 7) is 0. The van der Waals surface area contributed by atoms with Crippen LogP contribution >= 0.6 is 0 Å². The Morgan fingerprint density at radius 3 is 2.85 bits per heavy atom. The lowest BCUT2D eigenvalue weighted by Crippen LogP contribution is -1.97. The molecule has 0 amide bonds. The molecule has 1 N–H and O–H groups in total. The van der Waals surface area contributed by atoms with E-state index < -0.39 is 5.97 Å². The van der Waals surface area contributed by atoms with Crippen LogP contribution in [-0.2, 0) is 0 Å². The third kappa shape index (κ3) is 1.22. The maximum absolute atomic E-state index is 10.8. The molecular weight excluding hydrogens is 168 g/mol. The monoisotopic (exact) mass is 174 g/mol. The van der Waals surface area contributed by atoms with Gasteiger partial charge >= 0.3 is 5.97 Å². The Bertz CT molecular complexity index is 428. The van der Waals surface area contributed by atoms with Crippen LogP contribution in [0.1, 0.15) is 10.4 Å². The Kier molecular flexibility index (Phi) is 1.66. The van der Waals surface area contributed by atoms with Crippen LogP contribution in [-0.4, -0.2) is 21.3 Å². The molecule has 1 aliphatic carbocycles. The highest BCUT2D eigenvalue weighted by molar-refractivity contribution is 5.94. The Morgan fingerprint density at radius 2 is 2.08 bits per heavy atom. The highest BCUT2D eigenvalue weighted by Gasteiger charge is 2.13. The Labute approximate surface area is 74.2 Å². The van der Waals surface area contributed by atoms with Crippen LogP contribution in [0.2, 0.25) is 0 Å². The van der Waals surface area contributed by atoms with Crippen molar-refractivity contribution in [3.8, 4) is 11.3 Å². The van der Waals surface area contributed by atoms with Gasteiger partial charge in [0.2, 0.25) is 0 Å². The van der Waals surface area contributed by atoms with Crippen LogP contribution in [0.5, 0.6) is 0 Å². The fourth-order valence-electron chi connectivity index (χ4n) is 1.16. The Morgan fingerprint density at radius 1 is 1.31 bits per heavy atom. The van der Waals surface area contributed by atoms with Gasteiger partial charge in [0.25, 0.3) is 0 Å². The number of hydrogen-bond acceptors (Lipinski definition) is 3. The SMILES string of the molecule is O=C(O)c1ccccc2cnnc1-2. The van der Waals surface area contributed by atoms with Crippen molar-refractivity contribution in [3.63, 3.8) is 0 Å². The van der Waals surface area contributed by atoms with Crippen LogP contribution in [0.15, 0.2) is 30.5 Å². The van der Waals surface area contributed by atoms with E-state index in [1.807, 2.05) is 0 Å². The van der Waals surface area contributed by atoms with Crippen molar-refractivity contribution < 1.29 is 9.90 Å². The first-order chi connectivity index (χ1) is 6.29. The van der Waals surface area contributed by atoms with Crippen molar-refractivity contribution in [2.45, 2.75) is 0 Å². The van der Waals surface area contributed by atoms with Crippen LogP contribution in [0.4, 0.5) is 0 Å². The maximum Gasteiger partial charge on any atom is 0.337 e. The second-order valence-corrected chi connectivity index (χ2v) is 2.59. The number of aromatic nitrogens is 2. The first-order valence-electron chi connectivity index (χ1n) is 3.73. The summed E-state index contributed by atoms with van der Waals surface area (Å²) in [5.41, 5.74) is 1.34. The highest BCUT2D eigenvalue weighted by atomic mass is 16.4. The molecule has 0 fully saturated rings. The van der Waals surface area contributed by atoms with Gasteiger partial charge in [-0.2, -0.15) is 5.10 Å². The van der Waals surface area contributed by atoms with Gasteiger partial charge in [-0.25, -0.2) is 4.79 Å². The molecule has 0 saturated heterocycles. The van der Waals surface area contributed by atoms with Gasteiger partial charge in [-0.3, -0.25) is 0 Å². The lowest BCUT2D eigenvalue weighted by Gasteiger charge is -1.92. The van der Waals surface area contributed by atoms with Crippen molar-refractivity contribution >= 4 is 5.97 Å². The van der Waals surface area contributed by atoms with E-state index in [1.165, 1.54) is 6.07 Å². The first kappa shape index (κ1) is 7.67. The van der Waals surface area contributed by atoms with Gasteiger partial charge < -0.3 is 5.11 Å². The molecule has 2 rings (SSSR count). The van der Waals surface area contributed by atoms with Gasteiger partial charge in [0, 0.05) is 5.56 Å². The minimum absolute atomic E-state index is 0.178. The van der Waals surface area contributed by atoms with E-state index in [1.54, 1.807) is 24.4 Å². The Hall–Kier alpha value is -1.97. The largest absolute Gasteiger partial charge is 0.478 e. The van der Waals surface area contributed by atoms with Crippen LogP contribution in [0, 0.1) is 0 Å². The van der Waals surface area contributed by atoms with E-state index in [-0.39, 0.29) is 5.56 Å². The van der Waals surface area contributed by atoms with E-state index in [0.717, 1.165) is 5.56 Å². The minimum atomic E-state index is -0.985. The molecule has 0 unspecified atom stereocenters. The van der Waals surface area contributed by atoms with E-state index >= 15 is 0 Å². The van der Waals surface area contributed by atoms with E-state index in [2.05, 4.69) is 10.2 Å². The zero-order valence-electron chi connectivity index (χ0n) is 6.64. The van der Waals surface area contributed by atoms with Crippen LogP contribution in [0.25, 0.3) is 11.3 Å². The second-order valence-electron chi connectivity index (χ2n) is 2.59. The molecule has 4 heteroatoms. The van der Waals surface area contributed by atoms with Gasteiger partial charge in [-0.15, -0.1) is 5.10 Å². The lowest BCUT2D eigenvalue weighted by molar-refractivity contribution is 0.0697. The molecule has 0 bridgehead atoms. The molecule has 4 nitrogen and oxygen atoms in total. The number of carboxylic acids is 1. The van der Waals surface area contributed by atoms with Gasteiger partial charge in [-0.1, -0.05) is 18.2 Å². The van der Waals surface area contributed by atoms with Gasteiger partial charge in [0.1, 0.15) is 5.69 Å². The number of rotatable bonds is 1. The number of carboxylic acid groups (broad SMARTS) is 1. The van der Waals surface area contributed by atoms with Crippen molar-refractivity contribution in [2.24, 2.45) is 0 Å². The number of nitrogens with zero attached hydrogens (tertiary/aromatic N) is 2. The molecule has 0 aromatic rings. The standard InChI is InChI=1S/C9H6N2O2/c12-9(13)7-4-2-1-3-6-5-10-11-8(6)7/h1-5H,(H,12,13). The highest BCUT2D eigenvalue weighted by Crippen LogP contribution is 2.20. The molecule has 1 aliphatic heterocycles. The van der Waals surface area contributed by atoms with Gasteiger partial charge in [-0.05, 0) is 6.07 Å². The summed E-state index contributed by atoms with van der Waals surface area (Å²) in [7, 11) is 0. The summed E-state index contributed by atoms with van der Waals surface area (Å²) in [5, 5.41) is 16.3. The van der Waals surface area contributed by atoms with Crippen molar-refractivity contribution in [2.75, 3.05) is 0 Å². The molecule has 0 radical (unpaired) electrons. The molecular formula is C9H6N2O2. The predicted molar refractivity (Wildman–Crippen MR) is 45.6 cm³/mol. The quantitative estimate of drug-likeness (QED) is 0.707. The summed E-state index contributed by atoms with van der Waals surface area (Å²) in [5.74, 6) is -0.985. The number of fused-ring (bicyclic) bond motifs is 1. The molecule has 13 heavy (non-hydrogen) atoms.